The van der Waals surface area contributed by atoms with E-state index in [-0.39, 0.29) is 5.78 Å². The van der Waals surface area contributed by atoms with Crippen LogP contribution in [0.15, 0.2) is 66.9 Å². The van der Waals surface area contributed by atoms with Crippen LogP contribution >= 0.6 is 0 Å². The first kappa shape index (κ1) is 21.3. The van der Waals surface area contributed by atoms with Crippen molar-refractivity contribution in [2.24, 2.45) is 11.7 Å². The summed E-state index contributed by atoms with van der Waals surface area (Å²) in [7, 11) is 1.80. The number of ether oxygens (including phenoxy) is 1. The molecule has 0 spiro atoms. The van der Waals surface area contributed by atoms with Gasteiger partial charge in [-0.25, -0.2) is 0 Å². The normalized spacial score (nSPS) is 20.5. The highest BCUT2D eigenvalue weighted by Crippen LogP contribution is 2.44. The number of nitrogens with two attached hydrogens (primary N) is 1. The van der Waals surface area contributed by atoms with Crippen molar-refractivity contribution < 1.29 is 9.53 Å². The third kappa shape index (κ3) is 4.71. The van der Waals surface area contributed by atoms with Gasteiger partial charge in [-0.05, 0) is 77.0 Å². The van der Waals surface area contributed by atoms with E-state index < -0.39 is 0 Å². The van der Waals surface area contributed by atoms with Crippen LogP contribution in [-0.4, -0.2) is 32.6 Å². The first-order valence-corrected chi connectivity index (χ1v) is 10.9. The van der Waals surface area contributed by atoms with Crippen LogP contribution < -0.4 is 11.1 Å². The van der Waals surface area contributed by atoms with Gasteiger partial charge in [0.15, 0.2) is 5.78 Å². The lowest BCUT2D eigenvalue weighted by Crippen LogP contribution is -2.23. The molecular weight excluding hydrogens is 384 g/mol. The number of rotatable bonds is 3. The molecule has 0 fully saturated rings. The van der Waals surface area contributed by atoms with Crippen LogP contribution in [0.25, 0.3) is 17.2 Å². The Labute approximate surface area is 184 Å². The lowest BCUT2D eigenvalue weighted by Gasteiger charge is -2.32. The van der Waals surface area contributed by atoms with Crippen molar-refractivity contribution in [3.05, 3.63) is 89.2 Å². The van der Waals surface area contributed by atoms with Crippen molar-refractivity contribution in [3.8, 4) is 11.1 Å². The summed E-state index contributed by atoms with van der Waals surface area (Å²) in [6.45, 7) is 1.91. The van der Waals surface area contributed by atoms with Gasteiger partial charge < -0.3 is 15.8 Å². The van der Waals surface area contributed by atoms with Gasteiger partial charge >= 0.3 is 0 Å². The molecule has 31 heavy (non-hydrogen) atoms. The Morgan fingerprint density at radius 3 is 2.77 bits per heavy atom. The first-order chi connectivity index (χ1) is 15.2. The highest BCUT2D eigenvalue weighted by molar-refractivity contribution is 5.92. The standard InChI is InChI=1S/C21H23NO.C6H7NO/c1-23-13-17-11-16-4-2-3-5-18(16)19-9-8-15-7-6-14(12-22)10-20(15)21(17)19;8-6-3-1-2-4-7-5-6/h2-9,14,17H,10-13,22H2,1H3;1-4,7H,5H2. The zero-order chi connectivity index (χ0) is 21.6. The number of ketones is 1. The van der Waals surface area contributed by atoms with E-state index in [4.69, 9.17) is 10.5 Å². The van der Waals surface area contributed by atoms with Gasteiger partial charge in [-0.1, -0.05) is 54.6 Å². The number of nitrogens with one attached hydrogen (secondary N) is 1. The summed E-state index contributed by atoms with van der Waals surface area (Å²) in [5.41, 5.74) is 14.5. The number of fused-ring (bicyclic) bond motifs is 5. The minimum Gasteiger partial charge on any atom is -0.384 e. The van der Waals surface area contributed by atoms with Crippen molar-refractivity contribution in [1.82, 2.24) is 5.32 Å². The molecule has 2 unspecified atom stereocenters. The Morgan fingerprint density at radius 2 is 1.94 bits per heavy atom. The van der Waals surface area contributed by atoms with E-state index in [9.17, 15) is 4.79 Å². The number of benzene rings is 2. The van der Waals surface area contributed by atoms with E-state index in [1.165, 1.54) is 33.4 Å². The van der Waals surface area contributed by atoms with Crippen molar-refractivity contribution in [2.75, 3.05) is 26.8 Å². The molecule has 2 atom stereocenters. The van der Waals surface area contributed by atoms with Gasteiger partial charge in [-0.3, -0.25) is 4.79 Å². The van der Waals surface area contributed by atoms with Crippen molar-refractivity contribution in [3.63, 3.8) is 0 Å². The van der Waals surface area contributed by atoms with Gasteiger partial charge in [0.25, 0.3) is 0 Å². The zero-order valence-electron chi connectivity index (χ0n) is 18.0. The Morgan fingerprint density at radius 1 is 1.06 bits per heavy atom. The van der Waals surface area contributed by atoms with Gasteiger partial charge in [-0.15, -0.1) is 0 Å². The van der Waals surface area contributed by atoms with E-state index in [1.54, 1.807) is 31.5 Å². The van der Waals surface area contributed by atoms with Crippen LogP contribution in [0.1, 0.15) is 28.2 Å². The molecule has 2 aliphatic carbocycles. The Balaban J connectivity index is 0.000000245. The number of carbonyl (C=O) groups excluding carboxylic acids is 1. The van der Waals surface area contributed by atoms with Crippen molar-refractivity contribution in [2.45, 2.75) is 18.8 Å². The van der Waals surface area contributed by atoms with E-state index in [2.05, 4.69) is 53.9 Å². The van der Waals surface area contributed by atoms with E-state index in [1.807, 2.05) is 0 Å². The smallest absolute Gasteiger partial charge is 0.174 e. The van der Waals surface area contributed by atoms with Gasteiger partial charge in [0, 0.05) is 13.0 Å². The predicted molar refractivity (Wildman–Crippen MR) is 127 cm³/mol. The third-order valence-corrected chi connectivity index (χ3v) is 6.14. The molecule has 5 rings (SSSR count). The number of carbonyl (C=O) groups is 1. The molecule has 4 nitrogen and oxygen atoms in total. The summed E-state index contributed by atoms with van der Waals surface area (Å²) < 4.78 is 5.55. The Hall–Kier alpha value is -2.95. The number of hydrogen-bond donors (Lipinski definition) is 2. The molecule has 0 aromatic heterocycles. The summed E-state index contributed by atoms with van der Waals surface area (Å²) in [6.07, 6.45) is 13.4. The maximum atomic E-state index is 10.5. The van der Waals surface area contributed by atoms with Crippen LogP contribution in [0.3, 0.4) is 0 Å². The van der Waals surface area contributed by atoms with Crippen LogP contribution in [0, 0.1) is 5.92 Å². The molecule has 2 aromatic carbocycles. The van der Waals surface area contributed by atoms with Gasteiger partial charge in [0.05, 0.1) is 13.2 Å². The average Bonchev–Trinajstić information content (AvgIpc) is 3.06. The summed E-state index contributed by atoms with van der Waals surface area (Å²) in [4.78, 5) is 10.5. The Kier molecular flexibility index (Phi) is 6.80. The SMILES string of the molecule is COCC1Cc2ccccc2-c2ccc3c(c21)CC(CN)C=C3.O=C1C=CC=CNC1. The average molecular weight is 415 g/mol. The van der Waals surface area contributed by atoms with Gasteiger partial charge in [0.2, 0.25) is 0 Å². The highest BCUT2D eigenvalue weighted by atomic mass is 16.5. The quantitative estimate of drug-likeness (QED) is 0.797. The second-order valence-corrected chi connectivity index (χ2v) is 8.23. The molecular formula is C27H30N2O2. The molecule has 0 radical (unpaired) electrons. The number of methoxy groups -OCH3 is 1. The van der Waals surface area contributed by atoms with E-state index >= 15 is 0 Å². The fraction of sp³-hybridized carbons (Fsp3) is 0.296. The van der Waals surface area contributed by atoms with E-state index in [0.717, 1.165) is 19.4 Å². The fourth-order valence-corrected chi connectivity index (χ4v) is 4.68. The lowest BCUT2D eigenvalue weighted by atomic mass is 9.73. The van der Waals surface area contributed by atoms with Crippen LogP contribution in [0.2, 0.25) is 0 Å². The van der Waals surface area contributed by atoms with Gasteiger partial charge in [0.1, 0.15) is 0 Å². The maximum Gasteiger partial charge on any atom is 0.174 e. The fourth-order valence-electron chi connectivity index (χ4n) is 4.68. The molecule has 2 aromatic rings. The topological polar surface area (TPSA) is 64.3 Å². The number of hydrogen-bond acceptors (Lipinski definition) is 4. The zero-order valence-corrected chi connectivity index (χ0v) is 18.0. The highest BCUT2D eigenvalue weighted by Gasteiger charge is 2.29. The van der Waals surface area contributed by atoms with Gasteiger partial charge in [-0.2, -0.15) is 0 Å². The minimum atomic E-state index is 0.120. The summed E-state index contributed by atoms with van der Waals surface area (Å²) >= 11 is 0. The maximum absolute atomic E-state index is 10.5. The molecule has 1 aliphatic heterocycles. The summed E-state index contributed by atoms with van der Waals surface area (Å²) in [5.74, 6) is 1.01. The number of allylic oxidation sites excluding steroid dienone is 2. The second kappa shape index (κ2) is 9.90. The van der Waals surface area contributed by atoms with Crippen LogP contribution in [0.4, 0.5) is 0 Å². The largest absolute Gasteiger partial charge is 0.384 e. The molecule has 4 heteroatoms. The Bertz CT molecular complexity index is 1040. The molecule has 0 bridgehead atoms. The summed E-state index contributed by atoms with van der Waals surface area (Å²) in [6, 6.07) is 13.3. The van der Waals surface area contributed by atoms with E-state index in [0.29, 0.717) is 24.9 Å². The molecule has 0 amide bonds. The molecule has 0 saturated carbocycles. The molecule has 0 saturated heterocycles. The monoisotopic (exact) mass is 414 g/mol. The van der Waals surface area contributed by atoms with Crippen molar-refractivity contribution in [1.29, 1.82) is 0 Å². The molecule has 3 aliphatic rings. The molecule has 1 heterocycles. The third-order valence-electron chi connectivity index (χ3n) is 6.14. The van der Waals surface area contributed by atoms with Crippen LogP contribution in [0.5, 0.6) is 0 Å². The van der Waals surface area contributed by atoms with Crippen LogP contribution in [-0.2, 0) is 22.4 Å². The predicted octanol–water partition coefficient (Wildman–Crippen LogP) is 4.01. The lowest BCUT2D eigenvalue weighted by molar-refractivity contribution is -0.113. The minimum absolute atomic E-state index is 0.120. The molecule has 160 valence electrons. The van der Waals surface area contributed by atoms with Crippen molar-refractivity contribution >= 4 is 11.9 Å². The summed E-state index contributed by atoms with van der Waals surface area (Å²) in [5, 5.41) is 2.80. The molecule has 3 N–H and O–H groups in total. The second-order valence-electron chi connectivity index (χ2n) is 8.23. The first-order valence-electron chi connectivity index (χ1n) is 10.9.